The molecule has 26 heavy (non-hydrogen) atoms. The Kier molecular flexibility index (Phi) is 4.26. The zero-order chi connectivity index (χ0) is 18.1. The lowest BCUT2D eigenvalue weighted by Gasteiger charge is -2.47. The van der Waals surface area contributed by atoms with Crippen LogP contribution in [0.2, 0.25) is 0 Å². The van der Waals surface area contributed by atoms with Crippen LogP contribution in [0.25, 0.3) is 0 Å². The highest BCUT2D eigenvalue weighted by atomic mass is 16.2. The average molecular weight is 351 g/mol. The summed E-state index contributed by atoms with van der Waals surface area (Å²) in [6.45, 7) is 6.28. The number of carbonyl (C=O) groups excluding carboxylic acids is 1. The molecule has 1 amide bonds. The topological polar surface area (TPSA) is 54.3 Å². The summed E-state index contributed by atoms with van der Waals surface area (Å²) in [7, 11) is 1.93. The summed E-state index contributed by atoms with van der Waals surface area (Å²) in [6, 6.07) is 6.01. The Balaban J connectivity index is 1.63. The van der Waals surface area contributed by atoms with Gasteiger partial charge >= 0.3 is 0 Å². The maximum Gasteiger partial charge on any atom is 0.224 e. The molecule has 0 unspecified atom stereocenters. The van der Waals surface area contributed by atoms with Gasteiger partial charge in [0.25, 0.3) is 0 Å². The summed E-state index contributed by atoms with van der Waals surface area (Å²) in [4.78, 5) is 21.7. The van der Waals surface area contributed by atoms with Gasteiger partial charge in [0.1, 0.15) is 5.82 Å². The zero-order valence-corrected chi connectivity index (χ0v) is 15.2. The van der Waals surface area contributed by atoms with E-state index in [4.69, 9.17) is 0 Å². The number of pyridine rings is 1. The number of anilines is 1. The lowest BCUT2D eigenvalue weighted by molar-refractivity contribution is -0.131. The molecule has 2 aromatic heterocycles. The van der Waals surface area contributed by atoms with Gasteiger partial charge in [0, 0.05) is 51.4 Å². The van der Waals surface area contributed by atoms with Gasteiger partial charge in [-0.1, -0.05) is 12.1 Å². The van der Waals surface area contributed by atoms with Gasteiger partial charge in [-0.3, -0.25) is 9.48 Å². The lowest BCUT2D eigenvalue weighted by Crippen LogP contribution is -2.55. The maximum atomic E-state index is 12.8. The molecule has 0 radical (unpaired) electrons. The van der Waals surface area contributed by atoms with Crippen molar-refractivity contribution >= 4 is 11.7 Å². The molecule has 1 spiro atoms. The van der Waals surface area contributed by atoms with Crippen LogP contribution in [-0.2, 0) is 11.8 Å². The molecule has 2 fully saturated rings. The van der Waals surface area contributed by atoms with Crippen molar-refractivity contribution in [1.82, 2.24) is 19.7 Å². The van der Waals surface area contributed by atoms with Crippen molar-refractivity contribution in [1.29, 1.82) is 0 Å². The molecule has 1 atom stereocenters. The molecular formula is C20H25N5O. The fourth-order valence-corrected chi connectivity index (χ4v) is 4.65. The van der Waals surface area contributed by atoms with Gasteiger partial charge in [-0.2, -0.15) is 5.10 Å². The minimum Gasteiger partial charge on any atom is -0.356 e. The molecule has 2 aromatic rings. The largest absolute Gasteiger partial charge is 0.356 e. The summed E-state index contributed by atoms with van der Waals surface area (Å²) in [5.41, 5.74) is 1.01. The third kappa shape index (κ3) is 2.69. The van der Waals surface area contributed by atoms with E-state index in [-0.39, 0.29) is 17.4 Å². The van der Waals surface area contributed by atoms with Gasteiger partial charge in [-0.15, -0.1) is 6.58 Å². The van der Waals surface area contributed by atoms with Gasteiger partial charge in [-0.25, -0.2) is 4.98 Å². The standard InChI is InChI=1S/C20H25N5O/c1-3-10-25-19(26)13-17(16-14-22-23(2)15-16)20(25)7-11-24(12-8-20)18-6-4-5-9-21-18/h3-6,9,14-15,17H,1,7-8,10-13H2,2H3/t17-/m0/s1. The fourth-order valence-electron chi connectivity index (χ4n) is 4.65. The van der Waals surface area contributed by atoms with Gasteiger partial charge < -0.3 is 9.80 Å². The van der Waals surface area contributed by atoms with Gasteiger partial charge in [0.05, 0.1) is 11.7 Å². The van der Waals surface area contributed by atoms with E-state index >= 15 is 0 Å². The summed E-state index contributed by atoms with van der Waals surface area (Å²) in [6.07, 6.45) is 10.1. The normalized spacial score (nSPS) is 22.2. The molecule has 0 N–H and O–H groups in total. The van der Waals surface area contributed by atoms with Crippen LogP contribution in [0.3, 0.4) is 0 Å². The van der Waals surface area contributed by atoms with Crippen LogP contribution in [0.5, 0.6) is 0 Å². The molecule has 4 rings (SSSR count). The SMILES string of the molecule is C=CCN1C(=O)C[C@@H](c2cnn(C)c2)C12CCN(c1ccccn1)CC2. The van der Waals surface area contributed by atoms with E-state index in [1.165, 1.54) is 5.56 Å². The van der Waals surface area contributed by atoms with Crippen LogP contribution >= 0.6 is 0 Å². The summed E-state index contributed by atoms with van der Waals surface area (Å²) < 4.78 is 1.83. The maximum absolute atomic E-state index is 12.8. The van der Waals surface area contributed by atoms with Crippen LogP contribution < -0.4 is 4.90 Å². The number of rotatable bonds is 4. The van der Waals surface area contributed by atoms with Crippen molar-refractivity contribution < 1.29 is 4.79 Å². The summed E-state index contributed by atoms with van der Waals surface area (Å²) in [5, 5.41) is 4.34. The highest BCUT2D eigenvalue weighted by molar-refractivity contribution is 5.82. The van der Waals surface area contributed by atoms with Crippen LogP contribution in [0, 0.1) is 0 Å². The number of nitrogens with zero attached hydrogens (tertiary/aromatic N) is 5. The number of amides is 1. The monoisotopic (exact) mass is 351 g/mol. The van der Waals surface area contributed by atoms with Crippen molar-refractivity contribution in [3.05, 3.63) is 55.0 Å². The van der Waals surface area contributed by atoms with Crippen LogP contribution in [0.4, 0.5) is 5.82 Å². The molecule has 0 aliphatic carbocycles. The highest BCUT2D eigenvalue weighted by Crippen LogP contribution is 2.49. The first-order valence-corrected chi connectivity index (χ1v) is 9.20. The van der Waals surface area contributed by atoms with Crippen molar-refractivity contribution in [2.75, 3.05) is 24.5 Å². The Labute approximate surface area is 154 Å². The van der Waals surface area contributed by atoms with E-state index in [0.29, 0.717) is 13.0 Å². The van der Waals surface area contributed by atoms with Crippen molar-refractivity contribution in [2.45, 2.75) is 30.7 Å². The average Bonchev–Trinajstić information content (AvgIpc) is 3.20. The smallest absolute Gasteiger partial charge is 0.224 e. The third-order valence-corrected chi connectivity index (χ3v) is 5.91. The first kappa shape index (κ1) is 16.8. The van der Waals surface area contributed by atoms with E-state index < -0.39 is 0 Å². The number of hydrogen-bond acceptors (Lipinski definition) is 4. The predicted octanol–water partition coefficient (Wildman–Crippen LogP) is 2.36. The minimum atomic E-state index is -0.153. The van der Waals surface area contributed by atoms with Crippen LogP contribution in [0.15, 0.2) is 49.4 Å². The molecule has 6 heteroatoms. The zero-order valence-electron chi connectivity index (χ0n) is 15.2. The fraction of sp³-hybridized carbons (Fsp3) is 0.450. The van der Waals surface area contributed by atoms with Crippen LogP contribution in [0.1, 0.15) is 30.7 Å². The molecule has 0 bridgehead atoms. The first-order chi connectivity index (χ1) is 12.6. The van der Waals surface area contributed by atoms with E-state index in [2.05, 4.69) is 38.7 Å². The number of carbonyl (C=O) groups is 1. The number of hydrogen-bond donors (Lipinski definition) is 0. The first-order valence-electron chi connectivity index (χ1n) is 9.20. The number of likely N-dealkylation sites (tertiary alicyclic amines) is 1. The minimum absolute atomic E-state index is 0.153. The molecule has 136 valence electrons. The molecule has 4 heterocycles. The molecule has 2 saturated heterocycles. The second-order valence-corrected chi connectivity index (χ2v) is 7.28. The number of aromatic nitrogens is 3. The molecule has 6 nitrogen and oxygen atoms in total. The number of piperidine rings is 1. The Morgan fingerprint density at radius 3 is 2.77 bits per heavy atom. The molecule has 2 aliphatic heterocycles. The van der Waals surface area contributed by atoms with Gasteiger partial charge in [0.2, 0.25) is 5.91 Å². The third-order valence-electron chi connectivity index (χ3n) is 5.91. The quantitative estimate of drug-likeness (QED) is 0.794. The van der Waals surface area contributed by atoms with Gasteiger partial charge in [-0.05, 0) is 30.5 Å². The Morgan fingerprint density at radius 2 is 2.15 bits per heavy atom. The van der Waals surface area contributed by atoms with Crippen molar-refractivity contribution in [2.24, 2.45) is 7.05 Å². The predicted molar refractivity (Wildman–Crippen MR) is 101 cm³/mol. The second kappa shape index (κ2) is 6.59. The van der Waals surface area contributed by atoms with E-state index in [0.717, 1.165) is 31.7 Å². The van der Waals surface area contributed by atoms with Gasteiger partial charge in [0.15, 0.2) is 0 Å². The molecular weight excluding hydrogens is 326 g/mol. The Hall–Kier alpha value is -2.63. The van der Waals surface area contributed by atoms with E-state index in [1.54, 1.807) is 0 Å². The van der Waals surface area contributed by atoms with Crippen molar-refractivity contribution in [3.63, 3.8) is 0 Å². The Bertz CT molecular complexity index is 792. The van der Waals surface area contributed by atoms with Crippen LogP contribution in [-0.4, -0.2) is 50.7 Å². The lowest BCUT2D eigenvalue weighted by atomic mass is 9.74. The second-order valence-electron chi connectivity index (χ2n) is 7.28. The Morgan fingerprint density at radius 1 is 1.35 bits per heavy atom. The molecule has 2 aliphatic rings. The number of aryl methyl sites for hydroxylation is 1. The van der Waals surface area contributed by atoms with E-state index in [9.17, 15) is 4.79 Å². The van der Waals surface area contributed by atoms with E-state index in [1.807, 2.05) is 42.3 Å². The summed E-state index contributed by atoms with van der Waals surface area (Å²) in [5.74, 6) is 1.43. The highest BCUT2D eigenvalue weighted by Gasteiger charge is 2.54. The molecule has 0 saturated carbocycles. The molecule has 0 aromatic carbocycles. The summed E-state index contributed by atoms with van der Waals surface area (Å²) >= 11 is 0. The van der Waals surface area contributed by atoms with Crippen molar-refractivity contribution in [3.8, 4) is 0 Å².